The standard InChI is InChI=1S/C28H30F2N2O2/c29-23-18-24(30)20-25(19-23)34-26(14-9-17-32-15-7-8-16-32)28(27(31)33,21-10-3-1-4-11-21)22-12-5-2-6-13-22/h1-6,10-13,18-20,26H,7-9,14-17H2,(H2,31,33). The molecule has 3 aromatic rings. The van der Waals surface area contributed by atoms with E-state index in [1.54, 1.807) is 0 Å². The minimum Gasteiger partial charge on any atom is -0.488 e. The summed E-state index contributed by atoms with van der Waals surface area (Å²) < 4.78 is 34.3. The van der Waals surface area contributed by atoms with Crippen molar-refractivity contribution in [3.05, 3.63) is 102 Å². The molecule has 1 aliphatic rings. The Hall–Kier alpha value is -3.25. The Kier molecular flexibility index (Phi) is 7.58. The number of carbonyl (C=O) groups excluding carboxylic acids is 1. The molecule has 6 heteroatoms. The molecule has 0 saturated carbocycles. The molecule has 1 unspecified atom stereocenters. The quantitative estimate of drug-likeness (QED) is 0.456. The SMILES string of the molecule is NC(=O)C(c1ccccc1)(c1ccccc1)C(CCCN1CCCC1)Oc1cc(F)cc(F)c1. The number of nitrogens with zero attached hydrogens (tertiary/aromatic N) is 1. The normalized spacial score (nSPS) is 15.2. The third-order valence-electron chi connectivity index (χ3n) is 6.58. The van der Waals surface area contributed by atoms with Crippen LogP contribution in [0, 0.1) is 11.6 Å². The number of benzene rings is 3. The first kappa shape index (κ1) is 23.9. The van der Waals surface area contributed by atoms with Crippen LogP contribution in [0.1, 0.15) is 36.8 Å². The fourth-order valence-electron chi connectivity index (χ4n) is 5.01. The number of ether oxygens (including phenoxy) is 1. The van der Waals surface area contributed by atoms with Gasteiger partial charge in [-0.2, -0.15) is 0 Å². The molecule has 178 valence electrons. The third-order valence-corrected chi connectivity index (χ3v) is 6.58. The maximum Gasteiger partial charge on any atom is 0.236 e. The van der Waals surface area contributed by atoms with Crippen LogP contribution in [-0.2, 0) is 10.2 Å². The largest absolute Gasteiger partial charge is 0.488 e. The molecule has 2 N–H and O–H groups in total. The summed E-state index contributed by atoms with van der Waals surface area (Å²) in [6.45, 7) is 2.97. The lowest BCUT2D eigenvalue weighted by Gasteiger charge is -2.39. The number of hydrogen-bond donors (Lipinski definition) is 1. The zero-order valence-corrected chi connectivity index (χ0v) is 19.1. The van der Waals surface area contributed by atoms with E-state index in [1.165, 1.54) is 12.8 Å². The lowest BCUT2D eigenvalue weighted by molar-refractivity contribution is -0.125. The molecule has 3 aromatic carbocycles. The van der Waals surface area contributed by atoms with E-state index >= 15 is 0 Å². The summed E-state index contributed by atoms with van der Waals surface area (Å²) >= 11 is 0. The lowest BCUT2D eigenvalue weighted by Crippen LogP contribution is -2.53. The fraction of sp³-hybridized carbons (Fsp3) is 0.321. The number of carbonyl (C=O) groups is 1. The number of primary amides is 1. The molecule has 1 fully saturated rings. The van der Waals surface area contributed by atoms with Crippen molar-refractivity contribution in [2.45, 2.75) is 37.2 Å². The summed E-state index contributed by atoms with van der Waals surface area (Å²) in [5, 5.41) is 0. The van der Waals surface area contributed by atoms with Gasteiger partial charge in [-0.05, 0) is 56.4 Å². The van der Waals surface area contributed by atoms with Crippen LogP contribution in [0.4, 0.5) is 8.78 Å². The molecule has 0 bridgehead atoms. The molecule has 1 atom stereocenters. The molecule has 1 aliphatic heterocycles. The van der Waals surface area contributed by atoms with E-state index in [1.807, 2.05) is 60.7 Å². The van der Waals surface area contributed by atoms with Gasteiger partial charge < -0.3 is 15.4 Å². The highest BCUT2D eigenvalue weighted by Crippen LogP contribution is 2.40. The zero-order valence-electron chi connectivity index (χ0n) is 19.1. The molecule has 0 aliphatic carbocycles. The van der Waals surface area contributed by atoms with Crippen molar-refractivity contribution in [3.63, 3.8) is 0 Å². The van der Waals surface area contributed by atoms with E-state index in [4.69, 9.17) is 10.5 Å². The summed E-state index contributed by atoms with van der Waals surface area (Å²) in [5.74, 6) is -2.03. The monoisotopic (exact) mass is 464 g/mol. The molecule has 1 heterocycles. The molecule has 4 nitrogen and oxygen atoms in total. The van der Waals surface area contributed by atoms with E-state index in [0.29, 0.717) is 17.5 Å². The fourth-order valence-corrected chi connectivity index (χ4v) is 5.01. The third kappa shape index (κ3) is 5.12. The predicted molar refractivity (Wildman–Crippen MR) is 129 cm³/mol. The number of nitrogens with two attached hydrogens (primary N) is 1. The Labute approximate surface area is 199 Å². The van der Waals surface area contributed by atoms with Gasteiger partial charge >= 0.3 is 0 Å². The van der Waals surface area contributed by atoms with Crippen LogP contribution in [-0.4, -0.2) is 36.5 Å². The second kappa shape index (κ2) is 10.8. The molecule has 0 radical (unpaired) electrons. The average molecular weight is 465 g/mol. The van der Waals surface area contributed by atoms with E-state index in [0.717, 1.165) is 44.3 Å². The first-order valence-corrected chi connectivity index (χ1v) is 11.8. The minimum absolute atomic E-state index is 0.0289. The van der Waals surface area contributed by atoms with Gasteiger partial charge in [-0.25, -0.2) is 8.78 Å². The smallest absolute Gasteiger partial charge is 0.236 e. The van der Waals surface area contributed by atoms with Gasteiger partial charge in [0.2, 0.25) is 5.91 Å². The van der Waals surface area contributed by atoms with Crippen LogP contribution in [0.25, 0.3) is 0 Å². The summed E-state index contributed by atoms with van der Waals surface area (Å²) in [7, 11) is 0. The highest BCUT2D eigenvalue weighted by molar-refractivity contribution is 5.91. The Morgan fingerprint density at radius 3 is 1.94 bits per heavy atom. The van der Waals surface area contributed by atoms with Crippen molar-refractivity contribution in [1.82, 2.24) is 4.90 Å². The van der Waals surface area contributed by atoms with Crippen LogP contribution < -0.4 is 10.5 Å². The van der Waals surface area contributed by atoms with Gasteiger partial charge in [0.05, 0.1) is 0 Å². The molecular weight excluding hydrogens is 434 g/mol. The average Bonchev–Trinajstić information content (AvgIpc) is 3.34. The number of hydrogen-bond acceptors (Lipinski definition) is 3. The number of amides is 1. The van der Waals surface area contributed by atoms with Crippen molar-refractivity contribution >= 4 is 5.91 Å². The molecule has 34 heavy (non-hydrogen) atoms. The van der Waals surface area contributed by atoms with Gasteiger partial charge in [0, 0.05) is 18.2 Å². The Morgan fingerprint density at radius 1 is 0.912 bits per heavy atom. The van der Waals surface area contributed by atoms with Crippen molar-refractivity contribution < 1.29 is 18.3 Å². The Bertz CT molecular complexity index is 1030. The van der Waals surface area contributed by atoms with Crippen molar-refractivity contribution in [1.29, 1.82) is 0 Å². The first-order valence-electron chi connectivity index (χ1n) is 11.8. The molecule has 1 amide bonds. The number of rotatable bonds is 10. The number of likely N-dealkylation sites (tertiary alicyclic amines) is 1. The molecule has 4 rings (SSSR count). The van der Waals surface area contributed by atoms with Gasteiger partial charge in [0.1, 0.15) is 28.9 Å². The molecule has 0 spiro atoms. The molecular formula is C28H30F2N2O2. The lowest BCUT2D eigenvalue weighted by atomic mass is 9.68. The second-order valence-corrected chi connectivity index (χ2v) is 8.81. The van der Waals surface area contributed by atoms with E-state index in [2.05, 4.69) is 4.90 Å². The van der Waals surface area contributed by atoms with Crippen molar-refractivity contribution in [2.24, 2.45) is 5.73 Å². The highest BCUT2D eigenvalue weighted by atomic mass is 19.1. The predicted octanol–water partition coefficient (Wildman–Crippen LogP) is 5.06. The summed E-state index contributed by atoms with van der Waals surface area (Å²) in [5.41, 5.74) is 6.17. The maximum absolute atomic E-state index is 14.0. The van der Waals surface area contributed by atoms with E-state index < -0.39 is 29.1 Å². The molecule has 0 aromatic heterocycles. The van der Waals surface area contributed by atoms with Crippen LogP contribution >= 0.6 is 0 Å². The van der Waals surface area contributed by atoms with E-state index in [9.17, 15) is 13.6 Å². The van der Waals surface area contributed by atoms with Crippen LogP contribution in [0.15, 0.2) is 78.9 Å². The Balaban J connectivity index is 1.79. The first-order chi connectivity index (χ1) is 16.5. The van der Waals surface area contributed by atoms with Gasteiger partial charge in [-0.15, -0.1) is 0 Å². The van der Waals surface area contributed by atoms with Crippen LogP contribution in [0.3, 0.4) is 0 Å². The topological polar surface area (TPSA) is 55.6 Å². The van der Waals surface area contributed by atoms with Crippen LogP contribution in [0.2, 0.25) is 0 Å². The maximum atomic E-state index is 14.0. The van der Waals surface area contributed by atoms with Gasteiger partial charge in [0.25, 0.3) is 0 Å². The molecule has 1 saturated heterocycles. The minimum atomic E-state index is -1.35. The second-order valence-electron chi connectivity index (χ2n) is 8.81. The van der Waals surface area contributed by atoms with Crippen LogP contribution in [0.5, 0.6) is 5.75 Å². The van der Waals surface area contributed by atoms with Crippen molar-refractivity contribution in [3.8, 4) is 5.75 Å². The van der Waals surface area contributed by atoms with E-state index in [-0.39, 0.29) is 5.75 Å². The summed E-state index contributed by atoms with van der Waals surface area (Å²) in [6.07, 6.45) is 2.81. The van der Waals surface area contributed by atoms with Crippen molar-refractivity contribution in [2.75, 3.05) is 19.6 Å². The number of halogens is 2. The van der Waals surface area contributed by atoms with Gasteiger partial charge in [-0.1, -0.05) is 60.7 Å². The van der Waals surface area contributed by atoms with Gasteiger partial charge in [0.15, 0.2) is 0 Å². The zero-order chi connectivity index (χ0) is 24.0. The highest BCUT2D eigenvalue weighted by Gasteiger charge is 2.49. The summed E-state index contributed by atoms with van der Waals surface area (Å²) in [4.78, 5) is 15.8. The Morgan fingerprint density at radius 2 is 1.44 bits per heavy atom. The summed E-state index contributed by atoms with van der Waals surface area (Å²) in [6, 6.07) is 21.6. The van der Waals surface area contributed by atoms with Gasteiger partial charge in [-0.3, -0.25) is 4.79 Å².